The molecule has 5 nitrogen and oxygen atoms in total. The van der Waals surface area contributed by atoms with Crippen molar-refractivity contribution >= 4 is 22.5 Å². The number of aromatic amines is 1. The standard InChI is InChI=1S/C24H19N5/c1-16-15-22(29-28-16)26-24-20-13-7-8-14-21(20)25-23(27-24)19-12-6-5-11-18(19)17-9-3-2-4-10-17/h2-15H,1H3,(H2,25,26,27,28,29). The van der Waals surface area contributed by atoms with Crippen LogP contribution in [0.4, 0.5) is 11.6 Å². The van der Waals surface area contributed by atoms with Gasteiger partial charge < -0.3 is 5.32 Å². The maximum absolute atomic E-state index is 4.89. The summed E-state index contributed by atoms with van der Waals surface area (Å²) in [6.45, 7) is 1.95. The Morgan fingerprint density at radius 2 is 1.48 bits per heavy atom. The molecule has 29 heavy (non-hydrogen) atoms. The molecule has 5 aromatic rings. The van der Waals surface area contributed by atoms with Gasteiger partial charge in [0, 0.05) is 17.0 Å². The lowest BCUT2D eigenvalue weighted by atomic mass is 9.99. The minimum Gasteiger partial charge on any atom is -0.325 e. The quantitative estimate of drug-likeness (QED) is 0.419. The second-order valence-electron chi connectivity index (χ2n) is 6.87. The molecule has 0 unspecified atom stereocenters. The molecule has 0 radical (unpaired) electrons. The minimum absolute atomic E-state index is 0.682. The summed E-state index contributed by atoms with van der Waals surface area (Å²) in [7, 11) is 0. The Kier molecular flexibility index (Phi) is 4.26. The Hall–Kier alpha value is -3.99. The molecule has 0 aliphatic rings. The first kappa shape index (κ1) is 17.1. The van der Waals surface area contributed by atoms with Crippen LogP contribution in [0.1, 0.15) is 5.69 Å². The van der Waals surface area contributed by atoms with Crippen LogP contribution in [-0.4, -0.2) is 20.2 Å². The number of aromatic nitrogens is 4. The number of hydrogen-bond donors (Lipinski definition) is 2. The number of rotatable bonds is 4. The number of aryl methyl sites for hydroxylation is 1. The normalized spacial score (nSPS) is 10.9. The van der Waals surface area contributed by atoms with Crippen LogP contribution in [0, 0.1) is 6.92 Å². The minimum atomic E-state index is 0.682. The van der Waals surface area contributed by atoms with Gasteiger partial charge in [-0.2, -0.15) is 5.10 Å². The lowest BCUT2D eigenvalue weighted by Crippen LogP contribution is -2.00. The first-order valence-electron chi connectivity index (χ1n) is 9.48. The van der Waals surface area contributed by atoms with Gasteiger partial charge in [-0.25, -0.2) is 9.97 Å². The highest BCUT2D eigenvalue weighted by Gasteiger charge is 2.14. The smallest absolute Gasteiger partial charge is 0.162 e. The third kappa shape index (κ3) is 3.34. The Labute approximate surface area is 168 Å². The van der Waals surface area contributed by atoms with Crippen molar-refractivity contribution in [3.63, 3.8) is 0 Å². The van der Waals surface area contributed by atoms with Gasteiger partial charge in [-0.05, 0) is 30.2 Å². The van der Waals surface area contributed by atoms with Crippen molar-refractivity contribution in [2.75, 3.05) is 5.32 Å². The van der Waals surface area contributed by atoms with E-state index in [2.05, 4.69) is 39.8 Å². The third-order valence-corrected chi connectivity index (χ3v) is 4.81. The fourth-order valence-electron chi connectivity index (χ4n) is 3.45. The highest BCUT2D eigenvalue weighted by atomic mass is 15.2. The van der Waals surface area contributed by atoms with Crippen LogP contribution in [0.5, 0.6) is 0 Å². The van der Waals surface area contributed by atoms with Gasteiger partial charge in [0.25, 0.3) is 0 Å². The molecule has 0 amide bonds. The summed E-state index contributed by atoms with van der Waals surface area (Å²) in [5.74, 6) is 2.23. The van der Waals surface area contributed by atoms with E-state index in [4.69, 9.17) is 9.97 Å². The summed E-state index contributed by atoms with van der Waals surface area (Å²) >= 11 is 0. The Bertz CT molecular complexity index is 1290. The van der Waals surface area contributed by atoms with E-state index in [1.807, 2.05) is 67.6 Å². The van der Waals surface area contributed by atoms with Crippen LogP contribution in [0.3, 0.4) is 0 Å². The van der Waals surface area contributed by atoms with Gasteiger partial charge in [0.05, 0.1) is 11.2 Å². The van der Waals surface area contributed by atoms with E-state index in [0.717, 1.165) is 44.9 Å². The zero-order chi connectivity index (χ0) is 19.6. The molecule has 2 heterocycles. The van der Waals surface area contributed by atoms with Crippen molar-refractivity contribution in [1.82, 2.24) is 20.2 Å². The Balaban J connectivity index is 1.69. The predicted molar refractivity (Wildman–Crippen MR) is 117 cm³/mol. The Morgan fingerprint density at radius 1 is 0.759 bits per heavy atom. The molecule has 3 aromatic carbocycles. The highest BCUT2D eigenvalue weighted by molar-refractivity contribution is 5.93. The number of para-hydroxylation sites is 1. The molecule has 5 rings (SSSR count). The molecule has 140 valence electrons. The van der Waals surface area contributed by atoms with Crippen LogP contribution in [0.15, 0.2) is 84.9 Å². The van der Waals surface area contributed by atoms with E-state index in [1.165, 1.54) is 0 Å². The number of nitrogens with one attached hydrogen (secondary N) is 2. The first-order chi connectivity index (χ1) is 14.3. The van der Waals surface area contributed by atoms with Crippen molar-refractivity contribution in [1.29, 1.82) is 0 Å². The maximum Gasteiger partial charge on any atom is 0.162 e. The Morgan fingerprint density at radius 3 is 2.28 bits per heavy atom. The number of H-pyrrole nitrogens is 1. The monoisotopic (exact) mass is 377 g/mol. The average Bonchev–Trinajstić information content (AvgIpc) is 3.19. The van der Waals surface area contributed by atoms with E-state index in [1.54, 1.807) is 0 Å². The second-order valence-corrected chi connectivity index (χ2v) is 6.87. The van der Waals surface area contributed by atoms with E-state index in [0.29, 0.717) is 5.82 Å². The van der Waals surface area contributed by atoms with Crippen molar-refractivity contribution in [3.05, 3.63) is 90.6 Å². The molecular formula is C24H19N5. The molecule has 2 N–H and O–H groups in total. The van der Waals surface area contributed by atoms with Crippen LogP contribution >= 0.6 is 0 Å². The molecule has 5 heteroatoms. The SMILES string of the molecule is Cc1cc(Nc2nc(-c3ccccc3-c3ccccc3)nc3ccccc23)[nH]n1. The lowest BCUT2D eigenvalue weighted by Gasteiger charge is -2.12. The van der Waals surface area contributed by atoms with E-state index < -0.39 is 0 Å². The van der Waals surface area contributed by atoms with Crippen LogP contribution in [-0.2, 0) is 0 Å². The highest BCUT2D eigenvalue weighted by Crippen LogP contribution is 2.33. The fourth-order valence-corrected chi connectivity index (χ4v) is 3.45. The third-order valence-electron chi connectivity index (χ3n) is 4.81. The molecule has 0 spiro atoms. The summed E-state index contributed by atoms with van der Waals surface area (Å²) < 4.78 is 0. The van der Waals surface area contributed by atoms with E-state index >= 15 is 0 Å². The summed E-state index contributed by atoms with van der Waals surface area (Å²) in [5.41, 5.74) is 5.04. The molecule has 0 bridgehead atoms. The van der Waals surface area contributed by atoms with Gasteiger partial charge in [0.2, 0.25) is 0 Å². The molecule has 0 fully saturated rings. The summed E-state index contributed by atoms with van der Waals surface area (Å²) in [5, 5.41) is 11.5. The second kappa shape index (κ2) is 7.20. The van der Waals surface area contributed by atoms with Crippen molar-refractivity contribution in [2.45, 2.75) is 6.92 Å². The molecule has 0 atom stereocenters. The van der Waals surface area contributed by atoms with Gasteiger partial charge in [-0.1, -0.05) is 66.7 Å². The van der Waals surface area contributed by atoms with E-state index in [9.17, 15) is 0 Å². The van der Waals surface area contributed by atoms with Gasteiger partial charge in [-0.3, -0.25) is 5.10 Å². The molecule has 0 aliphatic heterocycles. The first-order valence-corrected chi connectivity index (χ1v) is 9.48. The van der Waals surface area contributed by atoms with Gasteiger partial charge in [0.1, 0.15) is 11.6 Å². The van der Waals surface area contributed by atoms with Gasteiger partial charge in [0.15, 0.2) is 5.82 Å². The summed E-state index contributed by atoms with van der Waals surface area (Å²) in [4.78, 5) is 9.75. The average molecular weight is 377 g/mol. The van der Waals surface area contributed by atoms with E-state index in [-0.39, 0.29) is 0 Å². The number of nitrogens with zero attached hydrogens (tertiary/aromatic N) is 3. The van der Waals surface area contributed by atoms with Gasteiger partial charge >= 0.3 is 0 Å². The van der Waals surface area contributed by atoms with Crippen LogP contribution in [0.25, 0.3) is 33.4 Å². The van der Waals surface area contributed by atoms with Gasteiger partial charge in [-0.15, -0.1) is 0 Å². The summed E-state index contributed by atoms with van der Waals surface area (Å²) in [6.07, 6.45) is 0. The predicted octanol–water partition coefficient (Wildman–Crippen LogP) is 5.74. The number of fused-ring (bicyclic) bond motifs is 1. The molecule has 2 aromatic heterocycles. The van der Waals surface area contributed by atoms with Crippen LogP contribution in [0.2, 0.25) is 0 Å². The van der Waals surface area contributed by atoms with Crippen molar-refractivity contribution < 1.29 is 0 Å². The largest absolute Gasteiger partial charge is 0.325 e. The molecular weight excluding hydrogens is 358 g/mol. The zero-order valence-electron chi connectivity index (χ0n) is 15.9. The molecule has 0 saturated carbocycles. The maximum atomic E-state index is 4.89. The fraction of sp³-hybridized carbons (Fsp3) is 0.0417. The van der Waals surface area contributed by atoms with Crippen molar-refractivity contribution in [3.8, 4) is 22.5 Å². The molecule has 0 aliphatic carbocycles. The summed E-state index contributed by atoms with van der Waals surface area (Å²) in [6, 6.07) is 28.5. The zero-order valence-corrected chi connectivity index (χ0v) is 15.9. The number of hydrogen-bond acceptors (Lipinski definition) is 4. The van der Waals surface area contributed by atoms with Crippen LogP contribution < -0.4 is 5.32 Å². The topological polar surface area (TPSA) is 66.5 Å². The van der Waals surface area contributed by atoms with Crippen molar-refractivity contribution in [2.24, 2.45) is 0 Å². The number of anilines is 2. The number of benzene rings is 3. The lowest BCUT2D eigenvalue weighted by molar-refractivity contribution is 1.05. The molecule has 0 saturated heterocycles.